The van der Waals surface area contributed by atoms with Crippen LogP contribution in [0.4, 0.5) is 0 Å². The van der Waals surface area contributed by atoms with Crippen molar-refractivity contribution >= 4 is 0 Å². The topological polar surface area (TPSA) is 17.8 Å². The van der Waals surface area contributed by atoms with E-state index < -0.39 is 0 Å². The van der Waals surface area contributed by atoms with Crippen molar-refractivity contribution in [2.24, 2.45) is 0 Å². The molecule has 0 bridgehead atoms. The lowest BCUT2D eigenvalue weighted by Gasteiger charge is -2.20. The molecule has 182 valence electrons. The van der Waals surface area contributed by atoms with Crippen molar-refractivity contribution < 1.29 is 0 Å². The molecule has 31 heavy (non-hydrogen) atoms. The fraction of sp³-hybridized carbons (Fsp3) is 0.897. The maximum atomic E-state index is 4.74. The van der Waals surface area contributed by atoms with Crippen LogP contribution in [0.25, 0.3) is 0 Å². The summed E-state index contributed by atoms with van der Waals surface area (Å²) in [6.07, 6.45) is 32.3. The maximum absolute atomic E-state index is 4.74. The zero-order chi connectivity index (χ0) is 22.6. The van der Waals surface area contributed by atoms with Crippen molar-refractivity contribution in [1.29, 1.82) is 0 Å². The van der Waals surface area contributed by atoms with Gasteiger partial charge in [0.2, 0.25) is 0 Å². The standard InChI is InChI=1S/C29H56N2/c1-5-7-9-11-13-14-15-16-17-18-20-22-24-28(4)31-26-25-30-29(31)27(3)23-21-19-12-10-8-6-2/h25-28H,5-24H2,1-4H3. The molecule has 0 amide bonds. The van der Waals surface area contributed by atoms with Gasteiger partial charge in [-0.3, -0.25) is 0 Å². The fourth-order valence-corrected chi connectivity index (χ4v) is 4.86. The second-order valence-corrected chi connectivity index (χ2v) is 10.2. The Balaban J connectivity index is 2.09. The highest BCUT2D eigenvalue weighted by atomic mass is 15.1. The van der Waals surface area contributed by atoms with Gasteiger partial charge in [0, 0.05) is 24.4 Å². The predicted molar refractivity (Wildman–Crippen MR) is 139 cm³/mol. The summed E-state index contributed by atoms with van der Waals surface area (Å²) < 4.78 is 2.47. The Labute approximate surface area is 196 Å². The van der Waals surface area contributed by atoms with Gasteiger partial charge in [-0.2, -0.15) is 0 Å². The quantitative estimate of drug-likeness (QED) is 0.167. The Bertz CT molecular complexity index is 493. The maximum Gasteiger partial charge on any atom is 0.111 e. The van der Waals surface area contributed by atoms with E-state index in [0.29, 0.717) is 12.0 Å². The lowest BCUT2D eigenvalue weighted by atomic mass is 10.00. The first kappa shape index (κ1) is 28.2. The highest BCUT2D eigenvalue weighted by Gasteiger charge is 2.15. The molecular formula is C29H56N2. The van der Waals surface area contributed by atoms with Crippen LogP contribution in [0.2, 0.25) is 0 Å². The Morgan fingerprint density at radius 1 is 0.613 bits per heavy atom. The molecule has 1 aromatic rings. The van der Waals surface area contributed by atoms with Crippen molar-refractivity contribution in [3.63, 3.8) is 0 Å². The molecule has 1 aromatic heterocycles. The molecule has 2 nitrogen and oxygen atoms in total. The van der Waals surface area contributed by atoms with Crippen LogP contribution in [0.3, 0.4) is 0 Å². The van der Waals surface area contributed by atoms with Gasteiger partial charge in [-0.1, -0.05) is 136 Å². The molecule has 0 saturated carbocycles. The van der Waals surface area contributed by atoms with Gasteiger partial charge in [0.15, 0.2) is 0 Å². The highest BCUT2D eigenvalue weighted by molar-refractivity contribution is 5.00. The number of imidazole rings is 1. The average Bonchev–Trinajstić information content (AvgIpc) is 3.27. The van der Waals surface area contributed by atoms with E-state index >= 15 is 0 Å². The van der Waals surface area contributed by atoms with Crippen molar-refractivity contribution in [1.82, 2.24) is 9.55 Å². The molecule has 0 aliphatic carbocycles. The van der Waals surface area contributed by atoms with E-state index in [1.54, 1.807) is 0 Å². The van der Waals surface area contributed by atoms with Crippen LogP contribution in [-0.2, 0) is 0 Å². The Morgan fingerprint density at radius 3 is 1.52 bits per heavy atom. The van der Waals surface area contributed by atoms with E-state index in [9.17, 15) is 0 Å². The van der Waals surface area contributed by atoms with Gasteiger partial charge in [0.1, 0.15) is 5.82 Å². The SMILES string of the molecule is CCCCCCCCCCCCCCC(C)n1ccnc1C(C)CCCCCCCC. The minimum atomic E-state index is 0.589. The summed E-state index contributed by atoms with van der Waals surface area (Å²) in [5, 5.41) is 0. The van der Waals surface area contributed by atoms with E-state index in [1.165, 1.54) is 134 Å². The summed E-state index contributed by atoms with van der Waals surface area (Å²) in [7, 11) is 0. The highest BCUT2D eigenvalue weighted by Crippen LogP contribution is 2.26. The predicted octanol–water partition coefficient (Wildman–Crippen LogP) is 10.4. The van der Waals surface area contributed by atoms with Crippen LogP contribution in [0, 0.1) is 0 Å². The minimum absolute atomic E-state index is 0.589. The molecule has 0 aliphatic heterocycles. The molecule has 0 N–H and O–H groups in total. The normalized spacial score (nSPS) is 13.5. The summed E-state index contributed by atoms with van der Waals surface area (Å²) in [6, 6.07) is 0.590. The molecule has 2 unspecified atom stereocenters. The number of hydrogen-bond donors (Lipinski definition) is 0. The smallest absolute Gasteiger partial charge is 0.111 e. The second kappa shape index (κ2) is 19.9. The molecule has 0 spiro atoms. The molecular weight excluding hydrogens is 376 g/mol. The van der Waals surface area contributed by atoms with E-state index in [-0.39, 0.29) is 0 Å². The van der Waals surface area contributed by atoms with E-state index in [1.807, 2.05) is 6.20 Å². The summed E-state index contributed by atoms with van der Waals surface area (Å²) in [5.41, 5.74) is 0. The third-order valence-electron chi connectivity index (χ3n) is 7.08. The lowest BCUT2D eigenvalue weighted by molar-refractivity contribution is 0.435. The van der Waals surface area contributed by atoms with Crippen LogP contribution in [0.5, 0.6) is 0 Å². The monoisotopic (exact) mass is 432 g/mol. The third kappa shape index (κ3) is 14.1. The molecule has 0 saturated heterocycles. The Morgan fingerprint density at radius 2 is 1.03 bits per heavy atom. The van der Waals surface area contributed by atoms with E-state index in [2.05, 4.69) is 38.5 Å². The first-order valence-corrected chi connectivity index (χ1v) is 14.2. The molecule has 0 aromatic carbocycles. The second-order valence-electron chi connectivity index (χ2n) is 10.2. The molecule has 0 aliphatic rings. The summed E-state index contributed by atoms with van der Waals surface area (Å²) >= 11 is 0. The summed E-state index contributed by atoms with van der Waals surface area (Å²) in [6.45, 7) is 9.36. The van der Waals surface area contributed by atoms with Crippen LogP contribution >= 0.6 is 0 Å². The summed E-state index contributed by atoms with van der Waals surface area (Å²) in [4.78, 5) is 4.74. The van der Waals surface area contributed by atoms with Crippen molar-refractivity contribution in [2.75, 3.05) is 0 Å². The minimum Gasteiger partial charge on any atom is -0.332 e. The van der Waals surface area contributed by atoms with Gasteiger partial charge >= 0.3 is 0 Å². The van der Waals surface area contributed by atoms with Gasteiger partial charge in [0.25, 0.3) is 0 Å². The first-order valence-electron chi connectivity index (χ1n) is 14.2. The van der Waals surface area contributed by atoms with Crippen molar-refractivity contribution in [3.8, 4) is 0 Å². The molecule has 1 rings (SSSR count). The van der Waals surface area contributed by atoms with Gasteiger partial charge < -0.3 is 4.57 Å². The molecule has 0 radical (unpaired) electrons. The lowest BCUT2D eigenvalue weighted by Crippen LogP contribution is -2.11. The molecule has 2 atom stereocenters. The molecule has 2 heteroatoms. The Hall–Kier alpha value is -0.790. The third-order valence-corrected chi connectivity index (χ3v) is 7.08. The first-order chi connectivity index (χ1) is 15.2. The summed E-state index contributed by atoms with van der Waals surface area (Å²) in [5.74, 6) is 1.91. The van der Waals surface area contributed by atoms with Crippen molar-refractivity contribution in [3.05, 3.63) is 18.2 Å². The number of aromatic nitrogens is 2. The van der Waals surface area contributed by atoms with Gasteiger partial charge in [0.05, 0.1) is 0 Å². The number of hydrogen-bond acceptors (Lipinski definition) is 1. The van der Waals surface area contributed by atoms with Gasteiger partial charge in [-0.25, -0.2) is 4.98 Å². The average molecular weight is 433 g/mol. The molecule has 0 fully saturated rings. The largest absolute Gasteiger partial charge is 0.332 e. The van der Waals surface area contributed by atoms with Crippen LogP contribution in [0.1, 0.15) is 174 Å². The number of rotatable bonds is 22. The van der Waals surface area contributed by atoms with E-state index in [0.717, 1.165) is 0 Å². The van der Waals surface area contributed by atoms with Crippen LogP contribution < -0.4 is 0 Å². The van der Waals surface area contributed by atoms with Crippen LogP contribution in [0.15, 0.2) is 12.4 Å². The zero-order valence-electron chi connectivity index (χ0n) is 21.8. The van der Waals surface area contributed by atoms with Gasteiger partial charge in [-0.15, -0.1) is 0 Å². The molecule has 1 heterocycles. The van der Waals surface area contributed by atoms with E-state index in [4.69, 9.17) is 4.98 Å². The number of unbranched alkanes of at least 4 members (excludes halogenated alkanes) is 16. The number of nitrogens with zero attached hydrogens (tertiary/aromatic N) is 2. The Kier molecular flexibility index (Phi) is 18.1. The van der Waals surface area contributed by atoms with Crippen LogP contribution in [-0.4, -0.2) is 9.55 Å². The fourth-order valence-electron chi connectivity index (χ4n) is 4.86. The van der Waals surface area contributed by atoms with Gasteiger partial charge in [-0.05, 0) is 19.8 Å². The van der Waals surface area contributed by atoms with Crippen molar-refractivity contribution in [2.45, 2.75) is 168 Å². The zero-order valence-corrected chi connectivity index (χ0v) is 21.8.